The van der Waals surface area contributed by atoms with Crippen LogP contribution in [0.4, 0.5) is 11.4 Å². The van der Waals surface area contributed by atoms with Crippen LogP contribution in [0, 0.1) is 5.41 Å². The Kier molecular flexibility index (Phi) is 5.00. The standard InChI is InChI=1S/C20H20Cl2N2O2/c1-12-10-13-6-4-5-7-17(13)24(12)19(26)20(2,3)18(25)23-16-11-14(21)8-9-15(16)22/h4-9,11-12H,10H2,1-3H3,(H,23,25). The lowest BCUT2D eigenvalue weighted by molar-refractivity contribution is -0.136. The van der Waals surface area contributed by atoms with Crippen LogP contribution < -0.4 is 10.2 Å². The normalized spacial score (nSPS) is 16.3. The van der Waals surface area contributed by atoms with Crippen molar-refractivity contribution in [2.75, 3.05) is 10.2 Å². The summed E-state index contributed by atoms with van der Waals surface area (Å²) in [6, 6.07) is 12.6. The number of hydrogen-bond donors (Lipinski definition) is 1. The van der Waals surface area contributed by atoms with E-state index in [4.69, 9.17) is 23.2 Å². The highest BCUT2D eigenvalue weighted by atomic mass is 35.5. The number of para-hydroxylation sites is 1. The van der Waals surface area contributed by atoms with Crippen LogP contribution >= 0.6 is 23.2 Å². The number of carbonyl (C=O) groups excluding carboxylic acids is 2. The summed E-state index contributed by atoms with van der Waals surface area (Å²) in [6.45, 7) is 5.23. The Morgan fingerprint density at radius 3 is 2.58 bits per heavy atom. The maximum Gasteiger partial charge on any atom is 0.242 e. The summed E-state index contributed by atoms with van der Waals surface area (Å²) >= 11 is 12.1. The van der Waals surface area contributed by atoms with E-state index in [0.29, 0.717) is 15.7 Å². The fraction of sp³-hybridized carbons (Fsp3) is 0.300. The second-order valence-corrected chi connectivity index (χ2v) is 7.90. The van der Waals surface area contributed by atoms with E-state index in [9.17, 15) is 9.59 Å². The Bertz CT molecular complexity index is 880. The molecular weight excluding hydrogens is 371 g/mol. The minimum atomic E-state index is -1.27. The number of carbonyl (C=O) groups is 2. The van der Waals surface area contributed by atoms with Gasteiger partial charge in [0.1, 0.15) is 5.41 Å². The molecule has 0 aromatic heterocycles. The number of rotatable bonds is 3. The number of benzene rings is 2. The van der Waals surface area contributed by atoms with Gasteiger partial charge in [-0.05, 0) is 57.0 Å². The molecule has 1 atom stereocenters. The number of fused-ring (bicyclic) bond motifs is 1. The minimum Gasteiger partial charge on any atom is -0.324 e. The molecule has 2 amide bonds. The molecule has 0 fully saturated rings. The average Bonchev–Trinajstić information content (AvgIpc) is 2.92. The Morgan fingerprint density at radius 2 is 1.85 bits per heavy atom. The third-order valence-corrected chi connectivity index (χ3v) is 5.27. The molecule has 1 heterocycles. The third kappa shape index (κ3) is 3.31. The second-order valence-electron chi connectivity index (χ2n) is 7.06. The average molecular weight is 391 g/mol. The van der Waals surface area contributed by atoms with Gasteiger partial charge in [-0.2, -0.15) is 0 Å². The molecule has 3 rings (SSSR count). The summed E-state index contributed by atoms with van der Waals surface area (Å²) < 4.78 is 0. The summed E-state index contributed by atoms with van der Waals surface area (Å²) in [5.74, 6) is -0.672. The predicted molar refractivity (Wildman–Crippen MR) is 106 cm³/mol. The SMILES string of the molecule is CC1Cc2ccccc2N1C(=O)C(C)(C)C(=O)Nc1cc(Cl)ccc1Cl. The first-order chi connectivity index (χ1) is 12.2. The zero-order valence-corrected chi connectivity index (χ0v) is 16.4. The van der Waals surface area contributed by atoms with Crippen molar-refractivity contribution in [3.8, 4) is 0 Å². The summed E-state index contributed by atoms with van der Waals surface area (Å²) in [5.41, 5.74) is 1.10. The Labute approximate surface area is 163 Å². The molecule has 1 unspecified atom stereocenters. The molecule has 26 heavy (non-hydrogen) atoms. The molecule has 0 radical (unpaired) electrons. The van der Waals surface area contributed by atoms with Crippen LogP contribution in [0.15, 0.2) is 42.5 Å². The number of nitrogens with one attached hydrogen (secondary N) is 1. The molecule has 6 heteroatoms. The molecule has 0 saturated heterocycles. The van der Waals surface area contributed by atoms with Crippen LogP contribution in [0.2, 0.25) is 10.0 Å². The van der Waals surface area contributed by atoms with E-state index in [1.165, 1.54) is 0 Å². The minimum absolute atomic E-state index is 0.00160. The molecule has 136 valence electrons. The van der Waals surface area contributed by atoms with Crippen molar-refractivity contribution >= 4 is 46.4 Å². The van der Waals surface area contributed by atoms with Crippen molar-refractivity contribution in [3.63, 3.8) is 0 Å². The van der Waals surface area contributed by atoms with Gasteiger partial charge in [-0.25, -0.2) is 0 Å². The van der Waals surface area contributed by atoms with Gasteiger partial charge in [0.15, 0.2) is 0 Å². The molecule has 1 N–H and O–H groups in total. The van der Waals surface area contributed by atoms with Crippen molar-refractivity contribution in [1.82, 2.24) is 0 Å². The molecule has 2 aromatic rings. The predicted octanol–water partition coefficient (Wildman–Crippen LogP) is 4.94. The highest BCUT2D eigenvalue weighted by Crippen LogP contribution is 2.36. The monoisotopic (exact) mass is 390 g/mol. The fourth-order valence-corrected chi connectivity index (χ4v) is 3.48. The zero-order valence-electron chi connectivity index (χ0n) is 14.8. The summed E-state index contributed by atoms with van der Waals surface area (Å²) in [7, 11) is 0. The molecule has 4 nitrogen and oxygen atoms in total. The quantitative estimate of drug-likeness (QED) is 0.754. The zero-order chi connectivity index (χ0) is 19.1. The van der Waals surface area contributed by atoms with Gasteiger partial charge in [0.25, 0.3) is 0 Å². The molecule has 1 aliphatic rings. The van der Waals surface area contributed by atoms with E-state index < -0.39 is 11.3 Å². The van der Waals surface area contributed by atoms with Gasteiger partial charge in [-0.1, -0.05) is 41.4 Å². The number of amides is 2. The number of anilines is 2. The second kappa shape index (κ2) is 6.93. The summed E-state index contributed by atoms with van der Waals surface area (Å²) in [6.07, 6.45) is 0.778. The van der Waals surface area contributed by atoms with E-state index in [2.05, 4.69) is 5.32 Å². The first kappa shape index (κ1) is 18.7. The van der Waals surface area contributed by atoms with Gasteiger partial charge in [0.2, 0.25) is 11.8 Å². The van der Waals surface area contributed by atoms with E-state index in [1.807, 2.05) is 31.2 Å². The molecular formula is C20H20Cl2N2O2. The lowest BCUT2D eigenvalue weighted by atomic mass is 9.89. The lowest BCUT2D eigenvalue weighted by Crippen LogP contribution is -2.49. The topological polar surface area (TPSA) is 49.4 Å². The van der Waals surface area contributed by atoms with Gasteiger partial charge in [0.05, 0.1) is 10.7 Å². The van der Waals surface area contributed by atoms with Crippen LogP contribution in [-0.4, -0.2) is 17.9 Å². The third-order valence-electron chi connectivity index (χ3n) is 4.70. The molecule has 0 spiro atoms. The van der Waals surface area contributed by atoms with E-state index >= 15 is 0 Å². The van der Waals surface area contributed by atoms with Crippen LogP contribution in [0.3, 0.4) is 0 Å². The highest BCUT2D eigenvalue weighted by molar-refractivity contribution is 6.36. The Morgan fingerprint density at radius 1 is 1.15 bits per heavy atom. The first-order valence-corrected chi connectivity index (χ1v) is 9.15. The maximum absolute atomic E-state index is 13.2. The van der Waals surface area contributed by atoms with Crippen molar-refractivity contribution in [1.29, 1.82) is 0 Å². The molecule has 0 saturated carbocycles. The van der Waals surface area contributed by atoms with Gasteiger partial charge in [0, 0.05) is 16.8 Å². The summed E-state index contributed by atoms with van der Waals surface area (Å²) in [4.78, 5) is 27.8. The summed E-state index contributed by atoms with van der Waals surface area (Å²) in [5, 5.41) is 3.55. The van der Waals surface area contributed by atoms with Gasteiger partial charge < -0.3 is 10.2 Å². The smallest absolute Gasteiger partial charge is 0.242 e. The van der Waals surface area contributed by atoms with Crippen molar-refractivity contribution in [3.05, 3.63) is 58.1 Å². The van der Waals surface area contributed by atoms with Gasteiger partial charge in [-0.3, -0.25) is 9.59 Å². The van der Waals surface area contributed by atoms with Crippen LogP contribution in [0.25, 0.3) is 0 Å². The molecule has 2 aromatic carbocycles. The van der Waals surface area contributed by atoms with Crippen molar-refractivity contribution < 1.29 is 9.59 Å². The molecule has 0 aliphatic carbocycles. The van der Waals surface area contributed by atoms with Gasteiger partial charge >= 0.3 is 0 Å². The van der Waals surface area contributed by atoms with Gasteiger partial charge in [-0.15, -0.1) is 0 Å². The molecule has 0 bridgehead atoms. The fourth-order valence-electron chi connectivity index (χ4n) is 3.15. The molecule has 1 aliphatic heterocycles. The van der Waals surface area contributed by atoms with Crippen molar-refractivity contribution in [2.24, 2.45) is 5.41 Å². The number of halogens is 2. The first-order valence-electron chi connectivity index (χ1n) is 8.40. The number of nitrogens with zero attached hydrogens (tertiary/aromatic N) is 1. The number of hydrogen-bond acceptors (Lipinski definition) is 2. The van der Waals surface area contributed by atoms with Crippen LogP contribution in [0.1, 0.15) is 26.3 Å². The Balaban J connectivity index is 1.86. The van der Waals surface area contributed by atoms with Crippen LogP contribution in [0.5, 0.6) is 0 Å². The van der Waals surface area contributed by atoms with Crippen LogP contribution in [-0.2, 0) is 16.0 Å². The Hall–Kier alpha value is -2.04. The van der Waals surface area contributed by atoms with Crippen molar-refractivity contribution in [2.45, 2.75) is 33.2 Å². The van der Waals surface area contributed by atoms with E-state index in [1.54, 1.807) is 36.9 Å². The van der Waals surface area contributed by atoms with E-state index in [-0.39, 0.29) is 11.9 Å². The van der Waals surface area contributed by atoms with E-state index in [0.717, 1.165) is 17.7 Å². The lowest BCUT2D eigenvalue weighted by Gasteiger charge is -2.31. The largest absolute Gasteiger partial charge is 0.324 e. The maximum atomic E-state index is 13.2. The highest BCUT2D eigenvalue weighted by Gasteiger charge is 2.43.